The summed E-state index contributed by atoms with van der Waals surface area (Å²) in [5, 5.41) is 147. The second-order valence-electron chi connectivity index (χ2n) is 9.16. The van der Waals surface area contributed by atoms with E-state index in [-0.39, 0.29) is 21.7 Å². The second-order valence-corrected chi connectivity index (χ2v) is 9.16. The van der Waals surface area contributed by atoms with Crippen molar-refractivity contribution >= 4 is 23.9 Å². The van der Waals surface area contributed by atoms with Crippen LogP contribution < -0.4 is 20.4 Å². The molecule has 12 N–H and O–H groups in total. The Kier molecular flexibility index (Phi) is 17.8. The molecular formula is C24H28O24Ti. The zero-order valence-electron chi connectivity index (χ0n) is 24.2. The summed E-state index contributed by atoms with van der Waals surface area (Å²) in [7, 11) is 0. The van der Waals surface area contributed by atoms with Gasteiger partial charge in [0.05, 0.1) is 26.4 Å². The summed E-state index contributed by atoms with van der Waals surface area (Å²) in [6.07, 6.45) is -11.5. The summed E-state index contributed by atoms with van der Waals surface area (Å²) in [6.45, 7) is -2.80. The first-order valence-corrected chi connectivity index (χ1v) is 12.7. The standard InChI is InChI=1S/4C6H8O6.Ti/c4*7-1-2(8)5-3(9)4(10)6(11)12-5;/h4*2,5,7-10H,1H2;/q;;;;+4/p-4/t4*2-,5+;/m0000./s1. The van der Waals surface area contributed by atoms with Gasteiger partial charge in [-0.2, -0.15) is 0 Å². The van der Waals surface area contributed by atoms with Gasteiger partial charge in [0, 0.05) is 23.0 Å². The smallest absolute Gasteiger partial charge is 0.865 e. The first-order chi connectivity index (χ1) is 22.3. The molecule has 4 aliphatic rings. The van der Waals surface area contributed by atoms with Gasteiger partial charge in [0.25, 0.3) is 0 Å². The molecule has 0 radical (unpaired) electrons. The average molecular weight is 748 g/mol. The van der Waals surface area contributed by atoms with Gasteiger partial charge in [0.2, 0.25) is 0 Å². The molecule has 0 aliphatic carbocycles. The molecule has 4 heterocycles. The zero-order chi connectivity index (χ0) is 37.2. The third kappa shape index (κ3) is 10.8. The Hall–Kier alpha value is -4.37. The number of esters is 4. The van der Waals surface area contributed by atoms with Crippen LogP contribution in [0.1, 0.15) is 0 Å². The molecule has 0 amide bonds. The molecule has 0 unspecified atom stereocenters. The maximum absolute atomic E-state index is 10.6. The van der Waals surface area contributed by atoms with Crippen LogP contribution in [0.3, 0.4) is 0 Å². The number of hydrogen-bond donors (Lipinski definition) is 12. The van der Waals surface area contributed by atoms with E-state index < -0.39 is 145 Å². The monoisotopic (exact) mass is 748 g/mol. The van der Waals surface area contributed by atoms with Crippen LogP contribution in [0.25, 0.3) is 0 Å². The van der Waals surface area contributed by atoms with Crippen LogP contribution in [0.15, 0.2) is 46.1 Å². The van der Waals surface area contributed by atoms with E-state index in [4.69, 9.17) is 61.3 Å². The van der Waals surface area contributed by atoms with Crippen molar-refractivity contribution in [1.29, 1.82) is 0 Å². The number of rotatable bonds is 8. The summed E-state index contributed by atoms with van der Waals surface area (Å²) < 4.78 is 17.0. The van der Waals surface area contributed by atoms with Crippen LogP contribution in [0, 0.1) is 0 Å². The maximum atomic E-state index is 10.6. The van der Waals surface area contributed by atoms with Gasteiger partial charge in [0.1, 0.15) is 47.5 Å². The van der Waals surface area contributed by atoms with Gasteiger partial charge in [-0.3, -0.25) is 0 Å². The summed E-state index contributed by atoms with van der Waals surface area (Å²) in [4.78, 5) is 41.9. The van der Waals surface area contributed by atoms with Crippen molar-refractivity contribution in [2.75, 3.05) is 26.4 Å². The Morgan fingerprint density at radius 1 is 0.429 bits per heavy atom. The summed E-state index contributed by atoms with van der Waals surface area (Å²) in [5.41, 5.74) is 0. The van der Waals surface area contributed by atoms with Gasteiger partial charge >= 0.3 is 45.6 Å². The molecular weight excluding hydrogens is 720 g/mol. The number of carbonyl (C=O) groups excluding carboxylic acids is 4. The van der Waals surface area contributed by atoms with Crippen molar-refractivity contribution in [3.05, 3.63) is 46.1 Å². The number of cyclic esters (lactones) is 4. The van der Waals surface area contributed by atoms with Gasteiger partial charge in [0.15, 0.2) is 24.4 Å². The topological polar surface area (TPSA) is 440 Å². The Morgan fingerprint density at radius 3 is 0.653 bits per heavy atom. The molecule has 0 aromatic carbocycles. The number of aliphatic hydroxyl groups is 12. The molecule has 0 saturated carbocycles. The molecule has 49 heavy (non-hydrogen) atoms. The average Bonchev–Trinajstić information content (AvgIpc) is 3.70. The molecule has 0 aromatic rings. The van der Waals surface area contributed by atoms with Crippen LogP contribution in [-0.4, -0.2) is 160 Å². The van der Waals surface area contributed by atoms with Crippen molar-refractivity contribution < 1.29 is 142 Å². The fraction of sp³-hybridized carbons (Fsp3) is 0.500. The Labute approximate surface area is 286 Å². The minimum atomic E-state index is -1.46. The van der Waals surface area contributed by atoms with Crippen LogP contribution in [-0.2, 0) is 59.8 Å². The van der Waals surface area contributed by atoms with E-state index in [9.17, 15) is 39.6 Å². The minimum Gasteiger partial charge on any atom is -0.865 e. The van der Waals surface area contributed by atoms with E-state index >= 15 is 0 Å². The molecule has 0 bridgehead atoms. The first-order valence-electron chi connectivity index (χ1n) is 12.7. The molecule has 0 aromatic heterocycles. The Bertz CT molecular complexity index is 1140. The maximum Gasteiger partial charge on any atom is 4.00 e. The second kappa shape index (κ2) is 19.6. The largest absolute Gasteiger partial charge is 4.00 e. The van der Waals surface area contributed by atoms with Crippen LogP contribution in [0.2, 0.25) is 0 Å². The van der Waals surface area contributed by atoms with E-state index in [0.29, 0.717) is 0 Å². The van der Waals surface area contributed by atoms with Gasteiger partial charge < -0.3 is 101 Å². The van der Waals surface area contributed by atoms with Crippen molar-refractivity contribution in [3.8, 4) is 0 Å². The van der Waals surface area contributed by atoms with Crippen molar-refractivity contribution in [1.82, 2.24) is 0 Å². The van der Waals surface area contributed by atoms with Crippen LogP contribution in [0.4, 0.5) is 0 Å². The predicted molar refractivity (Wildman–Crippen MR) is 131 cm³/mol. The summed E-state index contributed by atoms with van der Waals surface area (Å²) >= 11 is 0. The van der Waals surface area contributed by atoms with E-state index in [2.05, 4.69) is 18.9 Å². The molecule has 8 atom stereocenters. The molecule has 0 spiro atoms. The third-order valence-electron chi connectivity index (χ3n) is 5.83. The molecule has 0 saturated heterocycles. The predicted octanol–water partition coefficient (Wildman–Crippen LogP) is -10.4. The quantitative estimate of drug-likeness (QED) is 0.0623. The fourth-order valence-electron chi connectivity index (χ4n) is 3.26. The van der Waals surface area contributed by atoms with E-state index in [1.807, 2.05) is 0 Å². The SMILES string of the molecule is O=C1O[C@H]([C@@H](O)CO)C(O)=C1[O-].O=C1O[C@H]([C@@H](O)CO)C(O)=C1[O-].O=C1O[C@H]([C@@H](O)CO)C(O)=C1[O-].O=C1O[C@H]([C@@H](O)CO)C(O)=C1[O-].[Ti+4]. The molecule has 4 aliphatic heterocycles. The number of carbonyl (C=O) groups is 4. The van der Waals surface area contributed by atoms with Gasteiger partial charge in [-0.15, -0.1) is 0 Å². The molecule has 0 fully saturated rings. The number of aliphatic hydroxyl groups excluding tert-OH is 12. The van der Waals surface area contributed by atoms with Crippen molar-refractivity contribution in [3.63, 3.8) is 0 Å². The van der Waals surface area contributed by atoms with Crippen molar-refractivity contribution in [2.45, 2.75) is 48.8 Å². The van der Waals surface area contributed by atoms with Crippen LogP contribution in [0.5, 0.6) is 0 Å². The Balaban J connectivity index is 0.000000623. The van der Waals surface area contributed by atoms with Crippen molar-refractivity contribution in [2.24, 2.45) is 0 Å². The van der Waals surface area contributed by atoms with Crippen LogP contribution >= 0.6 is 0 Å². The summed E-state index contributed by atoms with van der Waals surface area (Å²) in [5.74, 6) is -13.0. The van der Waals surface area contributed by atoms with Gasteiger partial charge in [-0.1, -0.05) is 0 Å². The molecule has 272 valence electrons. The fourth-order valence-corrected chi connectivity index (χ4v) is 3.26. The first kappa shape index (κ1) is 44.6. The summed E-state index contributed by atoms with van der Waals surface area (Å²) in [6, 6.07) is 0. The third-order valence-corrected chi connectivity index (χ3v) is 5.83. The Morgan fingerprint density at radius 2 is 0.571 bits per heavy atom. The molecule has 24 nitrogen and oxygen atoms in total. The number of ether oxygens (including phenoxy) is 4. The molecule has 4 rings (SSSR count). The van der Waals surface area contributed by atoms with Gasteiger partial charge in [-0.05, 0) is 0 Å². The number of hydrogen-bond acceptors (Lipinski definition) is 24. The van der Waals surface area contributed by atoms with Gasteiger partial charge in [-0.25, -0.2) is 19.2 Å². The van der Waals surface area contributed by atoms with E-state index in [1.165, 1.54) is 0 Å². The zero-order valence-corrected chi connectivity index (χ0v) is 25.8. The minimum absolute atomic E-state index is 0. The molecule has 25 heteroatoms. The van der Waals surface area contributed by atoms with E-state index in [0.717, 1.165) is 0 Å². The normalized spacial score (nSPS) is 25.3. The van der Waals surface area contributed by atoms with E-state index in [1.54, 1.807) is 0 Å².